The van der Waals surface area contributed by atoms with Gasteiger partial charge in [-0.3, -0.25) is 4.79 Å². The molecule has 0 bridgehead atoms. The molecule has 0 saturated carbocycles. The monoisotopic (exact) mass is 514 g/mol. The molecule has 0 aromatic carbocycles. The summed E-state index contributed by atoms with van der Waals surface area (Å²) in [7, 11) is 0. The van der Waals surface area contributed by atoms with Crippen LogP contribution in [0.1, 0.15) is 39.5 Å². The molecular weight excluding hydrogens is 472 g/mol. The van der Waals surface area contributed by atoms with Gasteiger partial charge in [-0.05, 0) is 12.8 Å². The van der Waals surface area contributed by atoms with Crippen LogP contribution < -0.4 is 0 Å². The number of unbranched alkanes of at least 4 members (excludes halogenated alkanes) is 1. The van der Waals surface area contributed by atoms with E-state index in [0.29, 0.717) is 85.9 Å². The van der Waals surface area contributed by atoms with Crippen LogP contribution in [0.5, 0.6) is 0 Å². The Morgan fingerprint density at radius 1 is 0.645 bits per heavy atom. The zero-order valence-corrected chi connectivity index (χ0v) is 21.0. The van der Waals surface area contributed by atoms with Gasteiger partial charge in [0, 0.05) is 5.33 Å². The van der Waals surface area contributed by atoms with E-state index in [4.69, 9.17) is 33.2 Å². The van der Waals surface area contributed by atoms with Crippen molar-refractivity contribution in [1.29, 1.82) is 0 Å². The highest BCUT2D eigenvalue weighted by molar-refractivity contribution is 9.09. The van der Waals surface area contributed by atoms with Crippen LogP contribution >= 0.6 is 15.9 Å². The Hall–Kier alpha value is -0.290. The number of esters is 1. The topological polar surface area (TPSA) is 81.7 Å². The first kappa shape index (κ1) is 30.7. The van der Waals surface area contributed by atoms with E-state index < -0.39 is 0 Å². The van der Waals surface area contributed by atoms with Crippen molar-refractivity contribution in [1.82, 2.24) is 0 Å². The molecule has 9 heteroatoms. The van der Waals surface area contributed by atoms with Crippen molar-refractivity contribution in [3.63, 3.8) is 0 Å². The van der Waals surface area contributed by atoms with Crippen LogP contribution in [-0.4, -0.2) is 97.2 Å². The molecule has 0 aliphatic heterocycles. The van der Waals surface area contributed by atoms with Crippen molar-refractivity contribution in [3.8, 4) is 0 Å². The lowest BCUT2D eigenvalue weighted by Gasteiger charge is -2.13. The van der Waals surface area contributed by atoms with Gasteiger partial charge in [0.15, 0.2) is 0 Å². The number of hydrogen-bond donors (Lipinski definition) is 0. The van der Waals surface area contributed by atoms with Gasteiger partial charge in [0.1, 0.15) is 6.61 Å². The Labute approximate surface area is 196 Å². The molecule has 0 aliphatic rings. The van der Waals surface area contributed by atoms with Gasteiger partial charge in [0.25, 0.3) is 0 Å². The van der Waals surface area contributed by atoms with E-state index >= 15 is 0 Å². The Morgan fingerprint density at radius 2 is 1.03 bits per heavy atom. The first-order chi connectivity index (χ1) is 15.3. The fourth-order valence-electron chi connectivity index (χ4n) is 2.51. The van der Waals surface area contributed by atoms with Gasteiger partial charge in [-0.15, -0.1) is 0 Å². The molecule has 0 N–H and O–H groups in total. The highest BCUT2D eigenvalue weighted by atomic mass is 79.9. The molecule has 0 radical (unpaired) electrons. The third-order valence-electron chi connectivity index (χ3n) is 4.29. The first-order valence-corrected chi connectivity index (χ1v) is 12.6. The fourth-order valence-corrected chi connectivity index (χ4v) is 2.74. The summed E-state index contributed by atoms with van der Waals surface area (Å²) in [5.41, 5.74) is 0. The number of ether oxygens (including phenoxy) is 7. The van der Waals surface area contributed by atoms with Crippen LogP contribution in [-0.2, 0) is 38.0 Å². The summed E-state index contributed by atoms with van der Waals surface area (Å²) >= 11 is 3.29. The molecule has 0 rings (SSSR count). The molecule has 0 saturated heterocycles. The van der Waals surface area contributed by atoms with Gasteiger partial charge in [0.2, 0.25) is 0 Å². The molecule has 0 heterocycles. The van der Waals surface area contributed by atoms with Gasteiger partial charge in [0.05, 0.1) is 85.2 Å². The molecule has 0 amide bonds. The smallest absolute Gasteiger partial charge is 0.308 e. The summed E-state index contributed by atoms with van der Waals surface area (Å²) < 4.78 is 37.6. The minimum Gasteiger partial charge on any atom is -0.463 e. The zero-order chi connectivity index (χ0) is 22.8. The maximum atomic E-state index is 11.9. The van der Waals surface area contributed by atoms with Crippen LogP contribution in [0.15, 0.2) is 0 Å². The van der Waals surface area contributed by atoms with Crippen molar-refractivity contribution in [2.45, 2.75) is 39.5 Å². The molecular formula is C22H43BrO8. The van der Waals surface area contributed by atoms with Crippen LogP contribution in [0, 0.1) is 5.92 Å². The third kappa shape index (κ3) is 22.7. The fraction of sp³-hybridized carbons (Fsp3) is 0.955. The largest absolute Gasteiger partial charge is 0.463 e. The van der Waals surface area contributed by atoms with Crippen LogP contribution in [0.25, 0.3) is 0 Å². The molecule has 8 nitrogen and oxygen atoms in total. The van der Waals surface area contributed by atoms with Crippen molar-refractivity contribution in [3.05, 3.63) is 0 Å². The maximum Gasteiger partial charge on any atom is 0.308 e. The normalized spacial score (nSPS) is 12.2. The Morgan fingerprint density at radius 3 is 1.39 bits per heavy atom. The van der Waals surface area contributed by atoms with E-state index in [1.165, 1.54) is 0 Å². The Kier molecular flexibility index (Phi) is 25.7. The van der Waals surface area contributed by atoms with Gasteiger partial charge >= 0.3 is 5.97 Å². The van der Waals surface area contributed by atoms with E-state index in [1.54, 1.807) is 0 Å². The van der Waals surface area contributed by atoms with Crippen molar-refractivity contribution in [2.75, 3.05) is 91.2 Å². The average molecular weight is 515 g/mol. The summed E-state index contributed by atoms with van der Waals surface area (Å²) in [6.45, 7) is 10.8. The van der Waals surface area contributed by atoms with E-state index in [9.17, 15) is 4.79 Å². The minimum absolute atomic E-state index is 0.0102. The molecule has 0 aromatic rings. The zero-order valence-electron chi connectivity index (χ0n) is 19.4. The molecule has 186 valence electrons. The minimum atomic E-state index is -0.111. The molecule has 1 unspecified atom stereocenters. The number of alkyl halides is 1. The summed E-state index contributed by atoms with van der Waals surface area (Å²) in [5.74, 6) is -0.101. The number of halogens is 1. The number of carbonyl (C=O) groups is 1. The molecule has 0 spiro atoms. The summed E-state index contributed by atoms with van der Waals surface area (Å²) in [6.07, 6.45) is 3.87. The van der Waals surface area contributed by atoms with Gasteiger partial charge in [-0.2, -0.15) is 0 Å². The SMILES string of the molecule is CCCCC(CC)C(=O)OCCOCCOCCOCCOCCOCCOCCBr. The lowest BCUT2D eigenvalue weighted by Crippen LogP contribution is -2.20. The Bertz CT molecular complexity index is 373. The second kappa shape index (κ2) is 26.0. The molecule has 0 aromatic heterocycles. The highest BCUT2D eigenvalue weighted by Gasteiger charge is 2.16. The summed E-state index contributed by atoms with van der Waals surface area (Å²) in [6, 6.07) is 0. The van der Waals surface area contributed by atoms with E-state index in [-0.39, 0.29) is 11.9 Å². The predicted molar refractivity (Wildman–Crippen MR) is 123 cm³/mol. The standard InChI is InChI=1S/C22H43BrO8/c1-3-5-6-21(4-2)22(24)31-20-19-30-18-17-29-16-15-28-14-13-27-12-11-26-10-9-25-8-7-23/h21H,3-20H2,1-2H3. The molecule has 1 atom stereocenters. The number of rotatable bonds is 25. The quantitative estimate of drug-likeness (QED) is 0.104. The molecule has 0 aliphatic carbocycles. The summed E-state index contributed by atoms with van der Waals surface area (Å²) in [5, 5.41) is 0.840. The average Bonchev–Trinajstić information content (AvgIpc) is 2.78. The van der Waals surface area contributed by atoms with E-state index in [1.807, 2.05) is 6.92 Å². The summed E-state index contributed by atoms with van der Waals surface area (Å²) in [4.78, 5) is 11.9. The van der Waals surface area contributed by atoms with Crippen LogP contribution in [0.4, 0.5) is 0 Å². The second-order valence-corrected chi connectivity index (χ2v) is 7.57. The second-order valence-electron chi connectivity index (χ2n) is 6.78. The lowest BCUT2D eigenvalue weighted by atomic mass is 10.00. The van der Waals surface area contributed by atoms with Gasteiger partial charge in [-0.1, -0.05) is 42.6 Å². The van der Waals surface area contributed by atoms with Crippen molar-refractivity contribution < 1.29 is 38.0 Å². The first-order valence-electron chi connectivity index (χ1n) is 11.4. The highest BCUT2D eigenvalue weighted by Crippen LogP contribution is 2.14. The van der Waals surface area contributed by atoms with Crippen molar-refractivity contribution >= 4 is 21.9 Å². The Balaban J connectivity index is 3.21. The van der Waals surface area contributed by atoms with Crippen LogP contribution in [0.2, 0.25) is 0 Å². The number of hydrogen-bond acceptors (Lipinski definition) is 8. The maximum absolute atomic E-state index is 11.9. The van der Waals surface area contributed by atoms with E-state index in [0.717, 1.165) is 31.0 Å². The van der Waals surface area contributed by atoms with Gasteiger partial charge in [-0.25, -0.2) is 0 Å². The lowest BCUT2D eigenvalue weighted by molar-refractivity contribution is -0.150. The van der Waals surface area contributed by atoms with Crippen molar-refractivity contribution in [2.24, 2.45) is 5.92 Å². The third-order valence-corrected chi connectivity index (χ3v) is 4.61. The molecule has 31 heavy (non-hydrogen) atoms. The number of carbonyl (C=O) groups excluding carboxylic acids is 1. The van der Waals surface area contributed by atoms with Gasteiger partial charge < -0.3 is 33.2 Å². The predicted octanol–water partition coefficient (Wildman–Crippen LogP) is 3.24. The van der Waals surface area contributed by atoms with E-state index in [2.05, 4.69) is 22.9 Å². The van der Waals surface area contributed by atoms with Crippen LogP contribution in [0.3, 0.4) is 0 Å². The molecule has 0 fully saturated rings.